The Bertz CT molecular complexity index is 694. The number of nitrogen functional groups attached to an aromatic ring is 1. The van der Waals surface area contributed by atoms with Crippen LogP contribution in [0.1, 0.15) is 28.0 Å². The van der Waals surface area contributed by atoms with Gasteiger partial charge >= 0.3 is 0 Å². The molecule has 0 saturated heterocycles. The molecular formula is C13H15N5OS. The molecule has 2 aromatic rings. The molecule has 0 aromatic carbocycles. The number of carbonyl (C=O) groups is 1. The van der Waals surface area contributed by atoms with Crippen LogP contribution in [0.4, 0.5) is 10.7 Å². The number of Topliss-reactive ketones (excluding diaryl/α,β-unsaturated/α-hetero) is 1. The molecule has 0 aliphatic carbocycles. The van der Waals surface area contributed by atoms with E-state index in [9.17, 15) is 10.1 Å². The second-order valence-corrected chi connectivity index (χ2v) is 5.50. The van der Waals surface area contributed by atoms with Gasteiger partial charge in [0, 0.05) is 33.4 Å². The fraction of sp³-hybridized carbons (Fsp3) is 0.308. The highest BCUT2D eigenvalue weighted by molar-refractivity contribution is 7.19. The number of aryl methyl sites for hydroxylation is 1. The van der Waals surface area contributed by atoms with Gasteiger partial charge in [0.25, 0.3) is 0 Å². The number of ketones is 1. The molecule has 0 atom stereocenters. The highest BCUT2D eigenvalue weighted by atomic mass is 32.1. The summed E-state index contributed by atoms with van der Waals surface area (Å²) in [6.07, 6.45) is 3.58. The molecule has 0 amide bonds. The van der Waals surface area contributed by atoms with Crippen molar-refractivity contribution in [3.05, 3.63) is 28.7 Å². The van der Waals surface area contributed by atoms with Gasteiger partial charge in [0.05, 0.1) is 17.1 Å². The van der Waals surface area contributed by atoms with Crippen molar-refractivity contribution in [1.82, 2.24) is 9.55 Å². The van der Waals surface area contributed by atoms with Gasteiger partial charge in [-0.2, -0.15) is 5.26 Å². The number of nitrogens with zero attached hydrogens (tertiary/aromatic N) is 4. The Morgan fingerprint density at radius 3 is 2.85 bits per heavy atom. The molecule has 104 valence electrons. The van der Waals surface area contributed by atoms with Crippen LogP contribution in [0.3, 0.4) is 0 Å². The molecule has 6 nitrogen and oxygen atoms in total. The van der Waals surface area contributed by atoms with Gasteiger partial charge in [-0.15, -0.1) is 11.3 Å². The third-order valence-corrected chi connectivity index (χ3v) is 4.43. The number of nitriles is 1. The Kier molecular flexibility index (Phi) is 3.77. The molecule has 2 rings (SSSR count). The van der Waals surface area contributed by atoms with Crippen molar-refractivity contribution in [1.29, 1.82) is 5.26 Å². The average molecular weight is 289 g/mol. The van der Waals surface area contributed by atoms with Crippen molar-refractivity contribution in [2.45, 2.75) is 13.5 Å². The maximum atomic E-state index is 11.5. The Hall–Kier alpha value is -2.33. The number of hydrogen-bond acceptors (Lipinski definition) is 6. The van der Waals surface area contributed by atoms with Crippen LogP contribution in [0.15, 0.2) is 12.4 Å². The fourth-order valence-corrected chi connectivity index (χ4v) is 2.93. The number of hydrogen-bond donors (Lipinski definition) is 1. The van der Waals surface area contributed by atoms with Gasteiger partial charge in [0.15, 0.2) is 5.78 Å². The summed E-state index contributed by atoms with van der Waals surface area (Å²) >= 11 is 1.25. The van der Waals surface area contributed by atoms with Crippen LogP contribution < -0.4 is 10.6 Å². The number of nitrogens with two attached hydrogens (primary N) is 1. The first kappa shape index (κ1) is 14.1. The molecule has 0 aliphatic heterocycles. The largest absolute Gasteiger partial charge is 0.396 e. The molecule has 2 aromatic heterocycles. The zero-order chi connectivity index (χ0) is 14.9. The normalized spacial score (nSPS) is 10.3. The standard InChI is InChI=1S/C13H15N5OS/c1-8(19)12-11(15)9(6-14)13(20-12)18(3)7-10-16-4-5-17(10)2/h4-5H,7,15H2,1-3H3. The maximum Gasteiger partial charge on any atom is 0.171 e. The minimum absolute atomic E-state index is 0.124. The number of anilines is 2. The van der Waals surface area contributed by atoms with Gasteiger partial charge in [-0.3, -0.25) is 4.79 Å². The van der Waals surface area contributed by atoms with Gasteiger partial charge in [0.2, 0.25) is 0 Å². The van der Waals surface area contributed by atoms with E-state index < -0.39 is 0 Å². The lowest BCUT2D eigenvalue weighted by Crippen LogP contribution is -2.18. The van der Waals surface area contributed by atoms with Crippen molar-refractivity contribution in [3.8, 4) is 6.07 Å². The molecule has 7 heteroatoms. The van der Waals surface area contributed by atoms with Crippen molar-refractivity contribution in [3.63, 3.8) is 0 Å². The fourth-order valence-electron chi connectivity index (χ4n) is 1.90. The SMILES string of the molecule is CC(=O)c1sc(N(C)Cc2nccn2C)c(C#N)c1N. The predicted molar refractivity (Wildman–Crippen MR) is 78.8 cm³/mol. The van der Waals surface area contributed by atoms with Gasteiger partial charge < -0.3 is 15.2 Å². The van der Waals surface area contributed by atoms with E-state index in [1.54, 1.807) is 6.20 Å². The second-order valence-electron chi connectivity index (χ2n) is 4.50. The summed E-state index contributed by atoms with van der Waals surface area (Å²) in [5.74, 6) is 0.744. The van der Waals surface area contributed by atoms with Gasteiger partial charge in [-0.1, -0.05) is 0 Å². The molecule has 0 radical (unpaired) electrons. The van der Waals surface area contributed by atoms with Crippen molar-refractivity contribution < 1.29 is 4.79 Å². The van der Waals surface area contributed by atoms with Gasteiger partial charge in [-0.05, 0) is 0 Å². The second kappa shape index (κ2) is 5.35. The van der Waals surface area contributed by atoms with E-state index in [0.717, 1.165) is 5.82 Å². The predicted octanol–water partition coefficient (Wildman–Crippen LogP) is 1.77. The van der Waals surface area contributed by atoms with Crippen molar-refractivity contribution >= 4 is 27.8 Å². The van der Waals surface area contributed by atoms with E-state index in [4.69, 9.17) is 5.73 Å². The van der Waals surface area contributed by atoms with Crippen LogP contribution in [0, 0.1) is 11.3 Å². The molecule has 0 bridgehead atoms. The van der Waals surface area contributed by atoms with E-state index in [0.29, 0.717) is 22.0 Å². The van der Waals surface area contributed by atoms with Crippen LogP contribution in [-0.2, 0) is 13.6 Å². The number of aromatic nitrogens is 2. The first-order valence-electron chi connectivity index (χ1n) is 5.96. The molecule has 0 aliphatic rings. The Labute approximate surface area is 121 Å². The van der Waals surface area contributed by atoms with E-state index in [-0.39, 0.29) is 11.5 Å². The highest BCUT2D eigenvalue weighted by Gasteiger charge is 2.21. The summed E-state index contributed by atoms with van der Waals surface area (Å²) in [5, 5.41) is 9.93. The number of rotatable bonds is 4. The summed E-state index contributed by atoms with van der Waals surface area (Å²) in [7, 11) is 3.76. The lowest BCUT2D eigenvalue weighted by Gasteiger charge is -2.17. The topological polar surface area (TPSA) is 87.9 Å². The van der Waals surface area contributed by atoms with Crippen LogP contribution >= 0.6 is 11.3 Å². The third kappa shape index (κ3) is 2.38. The average Bonchev–Trinajstić information content (AvgIpc) is 2.93. The molecule has 2 N–H and O–H groups in total. The zero-order valence-electron chi connectivity index (χ0n) is 11.5. The third-order valence-electron chi connectivity index (χ3n) is 3.00. The summed E-state index contributed by atoms with van der Waals surface area (Å²) in [6.45, 7) is 1.99. The maximum absolute atomic E-state index is 11.5. The molecule has 0 spiro atoms. The zero-order valence-corrected chi connectivity index (χ0v) is 12.4. The molecular weight excluding hydrogens is 274 g/mol. The molecule has 0 fully saturated rings. The van der Waals surface area contributed by atoms with Crippen LogP contribution in [0.25, 0.3) is 0 Å². The van der Waals surface area contributed by atoms with E-state index >= 15 is 0 Å². The number of carbonyl (C=O) groups excluding carboxylic acids is 1. The summed E-state index contributed by atoms with van der Waals surface area (Å²) in [4.78, 5) is 18.1. The van der Waals surface area contributed by atoms with E-state index in [1.807, 2.05) is 29.8 Å². The summed E-state index contributed by atoms with van der Waals surface area (Å²) in [5.41, 5.74) is 6.50. The number of thiophene rings is 1. The number of imidazole rings is 1. The molecule has 20 heavy (non-hydrogen) atoms. The minimum atomic E-state index is -0.124. The molecule has 0 saturated carbocycles. The first-order valence-corrected chi connectivity index (χ1v) is 6.78. The molecule has 0 unspecified atom stereocenters. The van der Waals surface area contributed by atoms with Crippen LogP contribution in [-0.4, -0.2) is 22.4 Å². The lowest BCUT2D eigenvalue weighted by molar-refractivity contribution is 0.102. The lowest BCUT2D eigenvalue weighted by atomic mass is 10.2. The van der Waals surface area contributed by atoms with Crippen LogP contribution in [0.2, 0.25) is 0 Å². The monoisotopic (exact) mass is 289 g/mol. The Morgan fingerprint density at radius 2 is 2.35 bits per heavy atom. The van der Waals surface area contributed by atoms with E-state index in [1.165, 1.54) is 18.3 Å². The summed E-state index contributed by atoms with van der Waals surface area (Å²) in [6, 6.07) is 2.08. The smallest absolute Gasteiger partial charge is 0.171 e. The van der Waals surface area contributed by atoms with Crippen LogP contribution in [0.5, 0.6) is 0 Å². The highest BCUT2D eigenvalue weighted by Crippen LogP contribution is 2.37. The van der Waals surface area contributed by atoms with E-state index in [2.05, 4.69) is 11.1 Å². The Balaban J connectivity index is 2.37. The summed E-state index contributed by atoms with van der Waals surface area (Å²) < 4.78 is 1.91. The van der Waals surface area contributed by atoms with Gasteiger partial charge in [0.1, 0.15) is 22.5 Å². The quantitative estimate of drug-likeness (QED) is 0.867. The van der Waals surface area contributed by atoms with Gasteiger partial charge in [-0.25, -0.2) is 4.98 Å². The van der Waals surface area contributed by atoms with Crippen molar-refractivity contribution in [2.75, 3.05) is 17.7 Å². The van der Waals surface area contributed by atoms with Crippen molar-refractivity contribution in [2.24, 2.45) is 7.05 Å². The minimum Gasteiger partial charge on any atom is -0.396 e. The molecule has 2 heterocycles. The Morgan fingerprint density at radius 1 is 1.65 bits per heavy atom. The first-order chi connectivity index (χ1) is 9.45.